The van der Waals surface area contributed by atoms with Crippen LogP contribution in [0.4, 0.5) is 4.79 Å². The number of nitrogens with one attached hydrogen (secondary N) is 2. The van der Waals surface area contributed by atoms with E-state index in [0.717, 1.165) is 17.5 Å². The number of nitrogens with zero attached hydrogens (tertiary/aromatic N) is 3. The van der Waals surface area contributed by atoms with Crippen molar-refractivity contribution in [2.24, 2.45) is 0 Å². The SMILES string of the molecule is CCC(NC(=O)NC(C)c1cnn(C(C)C)c1)c1ccncc1. The van der Waals surface area contributed by atoms with Crippen LogP contribution in [0.3, 0.4) is 0 Å². The lowest BCUT2D eigenvalue weighted by Gasteiger charge is -2.20. The summed E-state index contributed by atoms with van der Waals surface area (Å²) in [5.74, 6) is 0. The molecule has 0 aliphatic heterocycles. The molecule has 0 fully saturated rings. The molecule has 6 nitrogen and oxygen atoms in total. The third-order valence-corrected chi connectivity index (χ3v) is 3.82. The van der Waals surface area contributed by atoms with E-state index in [0.29, 0.717) is 6.04 Å². The van der Waals surface area contributed by atoms with Crippen molar-refractivity contribution in [3.05, 3.63) is 48.0 Å². The van der Waals surface area contributed by atoms with Crippen LogP contribution in [0.25, 0.3) is 0 Å². The molecule has 2 unspecified atom stereocenters. The highest BCUT2D eigenvalue weighted by Crippen LogP contribution is 2.16. The van der Waals surface area contributed by atoms with Crippen LogP contribution in [0.5, 0.6) is 0 Å². The second kappa shape index (κ2) is 7.76. The van der Waals surface area contributed by atoms with Crippen molar-refractivity contribution < 1.29 is 4.79 Å². The van der Waals surface area contributed by atoms with Crippen LogP contribution < -0.4 is 10.6 Å². The van der Waals surface area contributed by atoms with Crippen LogP contribution in [-0.4, -0.2) is 20.8 Å². The van der Waals surface area contributed by atoms with Gasteiger partial charge in [0.15, 0.2) is 0 Å². The van der Waals surface area contributed by atoms with Gasteiger partial charge in [-0.25, -0.2) is 4.79 Å². The molecule has 23 heavy (non-hydrogen) atoms. The zero-order valence-corrected chi connectivity index (χ0v) is 14.2. The predicted molar refractivity (Wildman–Crippen MR) is 90.0 cm³/mol. The predicted octanol–water partition coefficient (Wildman–Crippen LogP) is 3.37. The first-order chi connectivity index (χ1) is 11.0. The summed E-state index contributed by atoms with van der Waals surface area (Å²) in [6.07, 6.45) is 8.05. The minimum absolute atomic E-state index is 0.0245. The lowest BCUT2D eigenvalue weighted by molar-refractivity contribution is 0.233. The van der Waals surface area contributed by atoms with Crippen molar-refractivity contribution in [1.82, 2.24) is 25.4 Å². The number of hydrogen-bond donors (Lipinski definition) is 2. The highest BCUT2D eigenvalue weighted by molar-refractivity contribution is 5.74. The Hall–Kier alpha value is -2.37. The fourth-order valence-corrected chi connectivity index (χ4v) is 2.36. The number of pyridine rings is 1. The maximum atomic E-state index is 12.2. The summed E-state index contributed by atoms with van der Waals surface area (Å²) in [5, 5.41) is 10.3. The smallest absolute Gasteiger partial charge is 0.315 e. The summed E-state index contributed by atoms with van der Waals surface area (Å²) in [7, 11) is 0. The number of carbonyl (C=O) groups excluding carboxylic acids is 1. The number of rotatable bonds is 6. The third kappa shape index (κ3) is 4.55. The molecular weight excluding hydrogens is 290 g/mol. The van der Waals surface area contributed by atoms with Gasteiger partial charge >= 0.3 is 6.03 Å². The van der Waals surface area contributed by atoms with Crippen molar-refractivity contribution >= 4 is 6.03 Å². The first-order valence-corrected chi connectivity index (χ1v) is 8.02. The summed E-state index contributed by atoms with van der Waals surface area (Å²) in [5.41, 5.74) is 2.05. The lowest BCUT2D eigenvalue weighted by atomic mass is 10.1. The van der Waals surface area contributed by atoms with Gasteiger partial charge in [-0.2, -0.15) is 5.10 Å². The summed E-state index contributed by atoms with van der Waals surface area (Å²) < 4.78 is 1.89. The van der Waals surface area contributed by atoms with E-state index in [9.17, 15) is 4.79 Å². The Morgan fingerprint density at radius 1 is 1.17 bits per heavy atom. The Labute approximate surface area is 137 Å². The molecule has 0 saturated carbocycles. The maximum absolute atomic E-state index is 12.2. The first-order valence-electron chi connectivity index (χ1n) is 8.02. The molecule has 0 aromatic carbocycles. The second-order valence-corrected chi connectivity index (χ2v) is 5.93. The Morgan fingerprint density at radius 3 is 2.43 bits per heavy atom. The van der Waals surface area contributed by atoms with Crippen molar-refractivity contribution in [3.8, 4) is 0 Å². The van der Waals surface area contributed by atoms with Crippen molar-refractivity contribution in [2.45, 2.75) is 52.2 Å². The van der Waals surface area contributed by atoms with Gasteiger partial charge < -0.3 is 10.6 Å². The molecule has 0 bridgehead atoms. The lowest BCUT2D eigenvalue weighted by Crippen LogP contribution is -2.39. The molecule has 0 aliphatic carbocycles. The normalized spacial score (nSPS) is 13.6. The van der Waals surface area contributed by atoms with Gasteiger partial charge in [-0.3, -0.25) is 9.67 Å². The van der Waals surface area contributed by atoms with Gasteiger partial charge in [0.1, 0.15) is 0 Å². The largest absolute Gasteiger partial charge is 0.332 e. The monoisotopic (exact) mass is 315 g/mol. The minimum atomic E-state index is -0.182. The average Bonchev–Trinajstić information content (AvgIpc) is 3.04. The van der Waals surface area contributed by atoms with Crippen LogP contribution in [-0.2, 0) is 0 Å². The fraction of sp³-hybridized carbons (Fsp3) is 0.471. The number of urea groups is 1. The Kier molecular flexibility index (Phi) is 5.73. The molecule has 2 N–H and O–H groups in total. The maximum Gasteiger partial charge on any atom is 0.315 e. The van der Waals surface area contributed by atoms with Gasteiger partial charge in [-0.1, -0.05) is 6.92 Å². The van der Waals surface area contributed by atoms with Crippen LogP contribution in [0.2, 0.25) is 0 Å². The van der Waals surface area contributed by atoms with E-state index < -0.39 is 0 Å². The molecule has 0 saturated heterocycles. The standard InChI is InChI=1S/C17H25N5O/c1-5-16(14-6-8-18-9-7-14)21-17(23)20-13(4)15-10-19-22(11-15)12(2)3/h6-13,16H,5H2,1-4H3,(H2,20,21,23). The average molecular weight is 315 g/mol. The highest BCUT2D eigenvalue weighted by Gasteiger charge is 2.16. The molecule has 6 heteroatoms. The Morgan fingerprint density at radius 2 is 1.87 bits per heavy atom. The number of hydrogen-bond acceptors (Lipinski definition) is 3. The highest BCUT2D eigenvalue weighted by atomic mass is 16.2. The van der Waals surface area contributed by atoms with Crippen LogP contribution in [0, 0.1) is 0 Å². The minimum Gasteiger partial charge on any atom is -0.332 e. The van der Waals surface area contributed by atoms with E-state index in [1.165, 1.54) is 0 Å². The first kappa shape index (κ1) is 17.0. The third-order valence-electron chi connectivity index (χ3n) is 3.82. The van der Waals surface area contributed by atoms with Crippen LogP contribution in [0.15, 0.2) is 36.9 Å². The Bertz CT molecular complexity index is 623. The number of carbonyl (C=O) groups is 1. The van der Waals surface area contributed by atoms with E-state index in [1.54, 1.807) is 18.6 Å². The van der Waals surface area contributed by atoms with Gasteiger partial charge in [-0.15, -0.1) is 0 Å². The topological polar surface area (TPSA) is 71.8 Å². The zero-order chi connectivity index (χ0) is 16.8. The van der Waals surface area contributed by atoms with E-state index in [-0.39, 0.29) is 18.1 Å². The molecule has 2 atom stereocenters. The summed E-state index contributed by atoms with van der Waals surface area (Å²) in [6.45, 7) is 8.14. The van der Waals surface area contributed by atoms with E-state index in [4.69, 9.17) is 0 Å². The number of amides is 2. The molecular formula is C17H25N5O. The van der Waals surface area contributed by atoms with Crippen molar-refractivity contribution in [1.29, 1.82) is 0 Å². The van der Waals surface area contributed by atoms with Crippen LogP contribution >= 0.6 is 0 Å². The molecule has 0 radical (unpaired) electrons. The molecule has 124 valence electrons. The van der Waals surface area contributed by atoms with Gasteiger partial charge in [0.05, 0.1) is 18.3 Å². The van der Waals surface area contributed by atoms with Gasteiger partial charge in [0.2, 0.25) is 0 Å². The zero-order valence-electron chi connectivity index (χ0n) is 14.2. The molecule has 2 rings (SSSR count). The summed E-state index contributed by atoms with van der Waals surface area (Å²) in [4.78, 5) is 16.3. The molecule has 0 spiro atoms. The Balaban J connectivity index is 1.95. The van der Waals surface area contributed by atoms with Gasteiger partial charge in [0, 0.05) is 30.2 Å². The summed E-state index contributed by atoms with van der Waals surface area (Å²) >= 11 is 0. The van der Waals surface area contributed by atoms with Crippen LogP contribution in [0.1, 0.15) is 63.4 Å². The quantitative estimate of drug-likeness (QED) is 0.858. The second-order valence-electron chi connectivity index (χ2n) is 5.93. The van der Waals surface area contributed by atoms with E-state index >= 15 is 0 Å². The summed E-state index contributed by atoms with van der Waals surface area (Å²) in [6, 6.07) is 3.84. The molecule has 0 aliphatic rings. The van der Waals surface area contributed by atoms with Gasteiger partial charge in [-0.05, 0) is 44.9 Å². The van der Waals surface area contributed by atoms with E-state index in [1.807, 2.05) is 36.9 Å². The van der Waals surface area contributed by atoms with Crippen molar-refractivity contribution in [2.75, 3.05) is 0 Å². The number of aromatic nitrogens is 3. The fourth-order valence-electron chi connectivity index (χ4n) is 2.36. The molecule has 2 heterocycles. The molecule has 2 aromatic heterocycles. The molecule has 2 aromatic rings. The van der Waals surface area contributed by atoms with Gasteiger partial charge in [0.25, 0.3) is 0 Å². The van der Waals surface area contributed by atoms with E-state index in [2.05, 4.69) is 34.6 Å². The van der Waals surface area contributed by atoms with Crippen molar-refractivity contribution in [3.63, 3.8) is 0 Å². The molecule has 2 amide bonds.